The van der Waals surface area contributed by atoms with E-state index in [1.165, 1.54) is 12.3 Å². The van der Waals surface area contributed by atoms with E-state index in [2.05, 4.69) is 16.2 Å². The summed E-state index contributed by atoms with van der Waals surface area (Å²) in [5.74, 6) is -1.46. The molecule has 0 saturated heterocycles. The molecule has 0 bridgehead atoms. The molecule has 1 atom stereocenters. The third-order valence-electron chi connectivity index (χ3n) is 3.98. The van der Waals surface area contributed by atoms with E-state index in [0.717, 1.165) is 5.56 Å². The van der Waals surface area contributed by atoms with Gasteiger partial charge in [-0.05, 0) is 29.8 Å². The van der Waals surface area contributed by atoms with Crippen molar-refractivity contribution in [3.05, 3.63) is 95.9 Å². The molecule has 1 unspecified atom stereocenters. The number of nitrogens with one attached hydrogen (secondary N) is 3. The molecule has 1 aromatic heterocycles. The number of hydrazine groups is 1. The summed E-state index contributed by atoms with van der Waals surface area (Å²) in [7, 11) is 0. The summed E-state index contributed by atoms with van der Waals surface area (Å²) in [5, 5.41) is 2.71. The summed E-state index contributed by atoms with van der Waals surface area (Å²) in [4.78, 5) is 37.0. The molecule has 0 aliphatic heterocycles. The lowest BCUT2D eigenvalue weighted by Gasteiger charge is -2.19. The SMILES string of the molecule is O=C(NC(Cc1ccccc1)C(=O)NNC(=O)c1ccco1)c1ccccc1. The number of rotatable bonds is 6. The smallest absolute Gasteiger partial charge is 0.305 e. The van der Waals surface area contributed by atoms with Crippen LogP contribution in [-0.2, 0) is 11.2 Å². The number of carbonyl (C=O) groups is 3. The Balaban J connectivity index is 1.68. The summed E-state index contributed by atoms with van der Waals surface area (Å²) in [6.45, 7) is 0. The van der Waals surface area contributed by atoms with Crippen LogP contribution in [0.4, 0.5) is 0 Å². The molecule has 1 heterocycles. The number of carbonyl (C=O) groups excluding carboxylic acids is 3. The Hall–Kier alpha value is -3.87. The van der Waals surface area contributed by atoms with E-state index in [1.54, 1.807) is 36.4 Å². The minimum Gasteiger partial charge on any atom is -0.459 e. The summed E-state index contributed by atoms with van der Waals surface area (Å²) in [6.07, 6.45) is 1.62. The Morgan fingerprint density at radius 3 is 2.11 bits per heavy atom. The van der Waals surface area contributed by atoms with Crippen LogP contribution in [-0.4, -0.2) is 23.8 Å². The zero-order valence-corrected chi connectivity index (χ0v) is 14.9. The molecule has 0 aliphatic rings. The Morgan fingerprint density at radius 1 is 0.786 bits per heavy atom. The van der Waals surface area contributed by atoms with Crippen LogP contribution in [0.25, 0.3) is 0 Å². The van der Waals surface area contributed by atoms with Crippen molar-refractivity contribution in [3.63, 3.8) is 0 Å². The zero-order valence-electron chi connectivity index (χ0n) is 14.9. The molecule has 142 valence electrons. The first-order chi connectivity index (χ1) is 13.6. The van der Waals surface area contributed by atoms with E-state index in [0.29, 0.717) is 5.56 Å². The molecule has 0 aliphatic carbocycles. The third-order valence-corrected chi connectivity index (χ3v) is 3.98. The fourth-order valence-electron chi connectivity index (χ4n) is 2.57. The van der Waals surface area contributed by atoms with Crippen molar-refractivity contribution in [3.8, 4) is 0 Å². The van der Waals surface area contributed by atoms with Gasteiger partial charge in [-0.1, -0.05) is 48.5 Å². The van der Waals surface area contributed by atoms with Gasteiger partial charge in [-0.3, -0.25) is 25.2 Å². The molecular weight excluding hydrogens is 358 g/mol. The van der Waals surface area contributed by atoms with E-state index in [9.17, 15) is 14.4 Å². The van der Waals surface area contributed by atoms with E-state index in [1.807, 2.05) is 30.3 Å². The maximum absolute atomic E-state index is 12.6. The fourth-order valence-corrected chi connectivity index (χ4v) is 2.57. The largest absolute Gasteiger partial charge is 0.459 e. The predicted octanol–water partition coefficient (Wildman–Crippen LogP) is 2.08. The van der Waals surface area contributed by atoms with Gasteiger partial charge in [0.2, 0.25) is 0 Å². The van der Waals surface area contributed by atoms with Crippen LogP contribution < -0.4 is 16.2 Å². The van der Waals surface area contributed by atoms with Gasteiger partial charge in [0.05, 0.1) is 6.26 Å². The van der Waals surface area contributed by atoms with Gasteiger partial charge in [0, 0.05) is 12.0 Å². The number of hydrogen-bond acceptors (Lipinski definition) is 4. The van der Waals surface area contributed by atoms with E-state index < -0.39 is 17.9 Å². The Morgan fingerprint density at radius 2 is 1.46 bits per heavy atom. The maximum atomic E-state index is 12.6. The van der Waals surface area contributed by atoms with Gasteiger partial charge in [0.1, 0.15) is 6.04 Å². The minimum absolute atomic E-state index is 0.0632. The minimum atomic E-state index is -0.882. The molecule has 7 nitrogen and oxygen atoms in total. The van der Waals surface area contributed by atoms with Crippen molar-refractivity contribution in [1.82, 2.24) is 16.2 Å². The fraction of sp³-hybridized carbons (Fsp3) is 0.0952. The number of benzene rings is 2. The van der Waals surface area contributed by atoms with Crippen LogP contribution in [0.3, 0.4) is 0 Å². The Labute approximate surface area is 161 Å². The molecule has 3 aromatic rings. The highest BCUT2D eigenvalue weighted by atomic mass is 16.3. The van der Waals surface area contributed by atoms with E-state index in [-0.39, 0.29) is 18.1 Å². The highest BCUT2D eigenvalue weighted by Gasteiger charge is 2.23. The molecule has 0 spiro atoms. The topological polar surface area (TPSA) is 100 Å². The third kappa shape index (κ3) is 5.07. The zero-order chi connectivity index (χ0) is 19.8. The van der Waals surface area contributed by atoms with Gasteiger partial charge in [-0.25, -0.2) is 0 Å². The monoisotopic (exact) mass is 377 g/mol. The van der Waals surface area contributed by atoms with Crippen molar-refractivity contribution in [1.29, 1.82) is 0 Å². The molecule has 7 heteroatoms. The van der Waals surface area contributed by atoms with Crippen molar-refractivity contribution in [2.24, 2.45) is 0 Å². The molecule has 0 saturated carbocycles. The first-order valence-electron chi connectivity index (χ1n) is 8.67. The van der Waals surface area contributed by atoms with Crippen LogP contribution in [0.15, 0.2) is 83.5 Å². The standard InChI is InChI=1S/C21H19N3O4/c25-19(16-10-5-2-6-11-16)22-17(14-15-8-3-1-4-9-15)20(26)23-24-21(27)18-12-7-13-28-18/h1-13,17H,14H2,(H,22,25)(H,23,26)(H,24,27). The summed E-state index contributed by atoms with van der Waals surface area (Å²) in [6, 6.07) is 20.0. The lowest BCUT2D eigenvalue weighted by Crippen LogP contribution is -2.53. The first-order valence-corrected chi connectivity index (χ1v) is 8.67. The molecule has 2 aromatic carbocycles. The van der Waals surface area contributed by atoms with Crippen molar-refractivity contribution >= 4 is 17.7 Å². The van der Waals surface area contributed by atoms with Crippen LogP contribution in [0.1, 0.15) is 26.5 Å². The second-order valence-electron chi connectivity index (χ2n) is 6.00. The predicted molar refractivity (Wildman–Crippen MR) is 102 cm³/mol. The second-order valence-corrected chi connectivity index (χ2v) is 6.00. The van der Waals surface area contributed by atoms with Crippen molar-refractivity contribution in [2.45, 2.75) is 12.5 Å². The summed E-state index contributed by atoms with van der Waals surface area (Å²) < 4.78 is 4.97. The molecule has 3 rings (SSSR count). The summed E-state index contributed by atoms with van der Waals surface area (Å²) >= 11 is 0. The Bertz CT molecular complexity index is 925. The van der Waals surface area contributed by atoms with E-state index in [4.69, 9.17) is 4.42 Å². The summed E-state index contributed by atoms with van der Waals surface area (Å²) in [5.41, 5.74) is 5.92. The lowest BCUT2D eigenvalue weighted by atomic mass is 10.0. The number of hydrogen-bond donors (Lipinski definition) is 3. The van der Waals surface area contributed by atoms with Gasteiger partial charge >= 0.3 is 5.91 Å². The molecule has 28 heavy (non-hydrogen) atoms. The second kappa shape index (κ2) is 9.18. The molecular formula is C21H19N3O4. The van der Waals surface area contributed by atoms with Crippen LogP contribution in [0, 0.1) is 0 Å². The van der Waals surface area contributed by atoms with E-state index >= 15 is 0 Å². The average molecular weight is 377 g/mol. The lowest BCUT2D eigenvalue weighted by molar-refractivity contribution is -0.123. The number of furan rings is 1. The quantitative estimate of drug-likeness (QED) is 0.573. The molecule has 0 fully saturated rings. The van der Waals surface area contributed by atoms with Gasteiger partial charge in [-0.2, -0.15) is 0 Å². The molecule has 3 amide bonds. The molecule has 3 N–H and O–H groups in total. The van der Waals surface area contributed by atoms with Gasteiger partial charge < -0.3 is 9.73 Å². The molecule has 0 radical (unpaired) electrons. The highest BCUT2D eigenvalue weighted by molar-refractivity contribution is 5.98. The maximum Gasteiger partial charge on any atom is 0.305 e. The first kappa shape index (κ1) is 18.9. The van der Waals surface area contributed by atoms with Crippen LogP contribution in [0.2, 0.25) is 0 Å². The van der Waals surface area contributed by atoms with Crippen molar-refractivity contribution in [2.75, 3.05) is 0 Å². The van der Waals surface area contributed by atoms with Crippen LogP contribution >= 0.6 is 0 Å². The van der Waals surface area contributed by atoms with Crippen molar-refractivity contribution < 1.29 is 18.8 Å². The van der Waals surface area contributed by atoms with Gasteiger partial charge in [-0.15, -0.1) is 0 Å². The average Bonchev–Trinajstić information content (AvgIpc) is 3.27. The Kier molecular flexibility index (Phi) is 6.20. The normalized spacial score (nSPS) is 11.3. The highest BCUT2D eigenvalue weighted by Crippen LogP contribution is 2.06. The van der Waals surface area contributed by atoms with Crippen LogP contribution in [0.5, 0.6) is 0 Å². The number of amides is 3. The van der Waals surface area contributed by atoms with Gasteiger partial charge in [0.25, 0.3) is 11.8 Å². The van der Waals surface area contributed by atoms with Gasteiger partial charge in [0.15, 0.2) is 5.76 Å².